The van der Waals surface area contributed by atoms with Gasteiger partial charge < -0.3 is 0 Å². The van der Waals surface area contributed by atoms with Gasteiger partial charge in [0.25, 0.3) is 0 Å². The summed E-state index contributed by atoms with van der Waals surface area (Å²) in [7, 11) is 0. The molecule has 0 amide bonds. The van der Waals surface area contributed by atoms with Crippen LogP contribution in [-0.4, -0.2) is 6.18 Å². The summed E-state index contributed by atoms with van der Waals surface area (Å²) in [6, 6.07) is 0. The number of allylic oxidation sites excluding steroid dienone is 2. The van der Waals surface area contributed by atoms with Crippen molar-refractivity contribution in [3.63, 3.8) is 0 Å². The molecule has 0 saturated carbocycles. The van der Waals surface area contributed by atoms with Crippen molar-refractivity contribution < 1.29 is 13.2 Å². The van der Waals surface area contributed by atoms with Gasteiger partial charge in [0.1, 0.15) is 0 Å². The molecule has 0 bridgehead atoms. The molecule has 0 N–H and O–H groups in total. The third-order valence-electron chi connectivity index (χ3n) is 2.07. The normalized spacial score (nSPS) is 12.6. The average molecular weight is 208 g/mol. The van der Waals surface area contributed by atoms with Gasteiger partial charge >= 0.3 is 6.18 Å². The molecule has 84 valence electrons. The van der Waals surface area contributed by atoms with Crippen LogP contribution in [0.15, 0.2) is 12.2 Å². The van der Waals surface area contributed by atoms with Crippen LogP contribution in [-0.2, 0) is 0 Å². The van der Waals surface area contributed by atoms with Crippen LogP contribution >= 0.6 is 0 Å². The first-order valence-corrected chi connectivity index (χ1v) is 5.24. The van der Waals surface area contributed by atoms with E-state index in [2.05, 4.69) is 6.08 Å². The summed E-state index contributed by atoms with van der Waals surface area (Å²) >= 11 is 0. The van der Waals surface area contributed by atoms with Crippen molar-refractivity contribution >= 4 is 0 Å². The predicted octanol–water partition coefficient (Wildman–Crippen LogP) is 4.86. The molecule has 0 heterocycles. The van der Waals surface area contributed by atoms with E-state index < -0.39 is 12.6 Å². The standard InChI is InChI=1S/C11H19F3/c1-2-3-4-5-6-7-8-9-10-11(12,13)14/h2-3H,4-10H2,1H3. The second-order valence-corrected chi connectivity index (χ2v) is 3.49. The summed E-state index contributed by atoms with van der Waals surface area (Å²) in [5.41, 5.74) is 0. The SMILES string of the molecule is CC=CCCCCCCCC(F)(F)F. The van der Waals surface area contributed by atoms with Crippen LogP contribution < -0.4 is 0 Å². The minimum absolute atomic E-state index is 0.285. The molecule has 0 atom stereocenters. The van der Waals surface area contributed by atoms with Gasteiger partial charge in [0, 0.05) is 6.42 Å². The molecule has 0 aliphatic carbocycles. The van der Waals surface area contributed by atoms with Crippen LogP contribution in [0.1, 0.15) is 51.9 Å². The maximum atomic E-state index is 11.7. The van der Waals surface area contributed by atoms with Crippen LogP contribution in [0.5, 0.6) is 0 Å². The molecular formula is C11H19F3. The van der Waals surface area contributed by atoms with Crippen LogP contribution in [0.4, 0.5) is 13.2 Å². The summed E-state index contributed by atoms with van der Waals surface area (Å²) in [5.74, 6) is 0. The smallest absolute Gasteiger partial charge is 0.171 e. The second kappa shape index (κ2) is 7.89. The summed E-state index contributed by atoms with van der Waals surface area (Å²) in [6.45, 7) is 1.98. The average Bonchev–Trinajstić information content (AvgIpc) is 2.08. The summed E-state index contributed by atoms with van der Waals surface area (Å²) in [4.78, 5) is 0. The molecule has 14 heavy (non-hydrogen) atoms. The third-order valence-corrected chi connectivity index (χ3v) is 2.07. The van der Waals surface area contributed by atoms with E-state index in [1.54, 1.807) is 0 Å². The molecular weight excluding hydrogens is 189 g/mol. The largest absolute Gasteiger partial charge is 0.389 e. The number of halogens is 3. The Balaban J connectivity index is 3.07. The Morgan fingerprint density at radius 3 is 2.07 bits per heavy atom. The Kier molecular flexibility index (Phi) is 7.63. The molecule has 0 aliphatic rings. The highest BCUT2D eigenvalue weighted by atomic mass is 19.4. The van der Waals surface area contributed by atoms with Crippen molar-refractivity contribution in [2.75, 3.05) is 0 Å². The Morgan fingerprint density at radius 2 is 1.50 bits per heavy atom. The molecule has 0 spiro atoms. The lowest BCUT2D eigenvalue weighted by atomic mass is 10.1. The van der Waals surface area contributed by atoms with Gasteiger partial charge in [-0.15, -0.1) is 0 Å². The molecule has 0 aliphatic heterocycles. The lowest BCUT2D eigenvalue weighted by molar-refractivity contribution is -0.135. The summed E-state index contributed by atoms with van der Waals surface area (Å²) in [6.07, 6.45) is 4.61. The highest BCUT2D eigenvalue weighted by Gasteiger charge is 2.25. The lowest BCUT2D eigenvalue weighted by Gasteiger charge is -2.04. The second-order valence-electron chi connectivity index (χ2n) is 3.49. The van der Waals surface area contributed by atoms with Crippen LogP contribution in [0.25, 0.3) is 0 Å². The van der Waals surface area contributed by atoms with Gasteiger partial charge in [0.05, 0.1) is 0 Å². The molecule has 0 saturated heterocycles. The number of alkyl halides is 3. The first-order chi connectivity index (χ1) is 6.56. The van der Waals surface area contributed by atoms with Gasteiger partial charge in [-0.05, 0) is 26.2 Å². The molecule has 0 aromatic heterocycles. The summed E-state index contributed by atoms with van der Waals surface area (Å²) in [5, 5.41) is 0. The zero-order chi connectivity index (χ0) is 10.9. The molecule has 0 aromatic rings. The van der Waals surface area contributed by atoms with E-state index in [9.17, 15) is 13.2 Å². The molecule has 0 radical (unpaired) electrons. The monoisotopic (exact) mass is 208 g/mol. The van der Waals surface area contributed by atoms with E-state index in [1.165, 1.54) is 0 Å². The van der Waals surface area contributed by atoms with E-state index in [0.29, 0.717) is 6.42 Å². The molecule has 0 fully saturated rings. The van der Waals surface area contributed by atoms with Crippen molar-refractivity contribution in [1.29, 1.82) is 0 Å². The van der Waals surface area contributed by atoms with E-state index in [0.717, 1.165) is 25.7 Å². The van der Waals surface area contributed by atoms with E-state index in [-0.39, 0.29) is 6.42 Å². The fourth-order valence-electron chi connectivity index (χ4n) is 1.28. The molecule has 3 heteroatoms. The van der Waals surface area contributed by atoms with Crippen molar-refractivity contribution in [3.8, 4) is 0 Å². The third kappa shape index (κ3) is 11.5. The Hall–Kier alpha value is -0.470. The number of rotatable bonds is 7. The van der Waals surface area contributed by atoms with Crippen LogP contribution in [0.2, 0.25) is 0 Å². The van der Waals surface area contributed by atoms with Gasteiger partial charge in [-0.1, -0.05) is 31.4 Å². The first kappa shape index (κ1) is 13.5. The van der Waals surface area contributed by atoms with E-state index in [1.807, 2.05) is 13.0 Å². The Bertz CT molecular complexity index is 147. The highest BCUT2D eigenvalue weighted by molar-refractivity contribution is 4.76. The van der Waals surface area contributed by atoms with Crippen molar-refractivity contribution in [3.05, 3.63) is 12.2 Å². The van der Waals surface area contributed by atoms with Gasteiger partial charge in [0.15, 0.2) is 0 Å². The van der Waals surface area contributed by atoms with Crippen molar-refractivity contribution in [2.24, 2.45) is 0 Å². The predicted molar refractivity (Wildman–Crippen MR) is 53.2 cm³/mol. The van der Waals surface area contributed by atoms with E-state index >= 15 is 0 Å². The maximum absolute atomic E-state index is 11.7. The number of hydrogen-bond donors (Lipinski definition) is 0. The fraction of sp³-hybridized carbons (Fsp3) is 0.818. The highest BCUT2D eigenvalue weighted by Crippen LogP contribution is 2.23. The van der Waals surface area contributed by atoms with Gasteiger partial charge in [-0.2, -0.15) is 13.2 Å². The topological polar surface area (TPSA) is 0 Å². The van der Waals surface area contributed by atoms with Crippen LogP contribution in [0, 0.1) is 0 Å². The Labute approximate surface area is 84.2 Å². The van der Waals surface area contributed by atoms with Gasteiger partial charge in [-0.3, -0.25) is 0 Å². The maximum Gasteiger partial charge on any atom is 0.389 e. The molecule has 0 rings (SSSR count). The van der Waals surface area contributed by atoms with E-state index in [4.69, 9.17) is 0 Å². The Morgan fingerprint density at radius 1 is 0.929 bits per heavy atom. The lowest BCUT2D eigenvalue weighted by Crippen LogP contribution is -2.06. The van der Waals surface area contributed by atoms with Crippen molar-refractivity contribution in [1.82, 2.24) is 0 Å². The fourth-order valence-corrected chi connectivity index (χ4v) is 1.28. The summed E-state index contributed by atoms with van der Waals surface area (Å²) < 4.78 is 35.2. The quantitative estimate of drug-likeness (QED) is 0.414. The van der Waals surface area contributed by atoms with Crippen molar-refractivity contribution in [2.45, 2.75) is 58.0 Å². The zero-order valence-electron chi connectivity index (χ0n) is 8.74. The molecule has 0 aromatic carbocycles. The zero-order valence-corrected chi connectivity index (χ0v) is 8.74. The number of hydrogen-bond acceptors (Lipinski definition) is 0. The first-order valence-electron chi connectivity index (χ1n) is 5.24. The minimum atomic E-state index is -3.97. The number of unbranched alkanes of at least 4 members (excludes halogenated alkanes) is 5. The van der Waals surface area contributed by atoms with Gasteiger partial charge in [-0.25, -0.2) is 0 Å². The molecule has 0 nitrogen and oxygen atoms in total. The minimum Gasteiger partial charge on any atom is -0.171 e. The van der Waals surface area contributed by atoms with Gasteiger partial charge in [0.2, 0.25) is 0 Å². The van der Waals surface area contributed by atoms with Crippen LogP contribution in [0.3, 0.4) is 0 Å². The molecule has 0 unspecified atom stereocenters.